The molecule has 8 heteroatoms. The van der Waals surface area contributed by atoms with Gasteiger partial charge < -0.3 is 9.47 Å². The second-order valence-electron chi connectivity index (χ2n) is 14.1. The van der Waals surface area contributed by atoms with Crippen LogP contribution in [0, 0.1) is 10.8 Å². The first-order valence-electron chi connectivity index (χ1n) is 16.6. The Kier molecular flexibility index (Phi) is 15.9. The summed E-state index contributed by atoms with van der Waals surface area (Å²) in [6.07, 6.45) is 27.0. The molecule has 0 amide bonds. The van der Waals surface area contributed by atoms with Gasteiger partial charge in [-0.1, -0.05) is 135 Å². The van der Waals surface area contributed by atoms with Crippen LogP contribution in [0.15, 0.2) is 130 Å². The Morgan fingerprint density at radius 1 is 0.580 bits per heavy atom. The van der Waals surface area contributed by atoms with Crippen LogP contribution in [0.5, 0.6) is 0 Å². The Balaban J connectivity index is 1.98. The Morgan fingerprint density at radius 3 is 1.20 bits per heavy atom. The van der Waals surface area contributed by atoms with Crippen molar-refractivity contribution in [3.63, 3.8) is 0 Å². The van der Waals surface area contributed by atoms with E-state index in [1.165, 1.54) is 0 Å². The fraction of sp³-hybridized carbons (Fsp3) is 0.381. The molecule has 0 N–H and O–H groups in total. The Morgan fingerprint density at radius 2 is 0.880 bits per heavy atom. The molecule has 0 fully saturated rings. The average molecular weight is 722 g/mol. The number of Topliss-reactive ketones (excluding diaryl/α,β-unsaturated/α-hetero) is 2. The van der Waals surface area contributed by atoms with Crippen LogP contribution in [0.25, 0.3) is 0 Å². The fourth-order valence-corrected chi connectivity index (χ4v) is 6.20. The van der Waals surface area contributed by atoms with E-state index in [0.717, 1.165) is 33.4 Å². The number of carbonyl (C=O) groups is 4. The van der Waals surface area contributed by atoms with Crippen LogP contribution in [-0.2, 0) is 19.1 Å². The quantitative estimate of drug-likeness (QED) is 0.147. The van der Waals surface area contributed by atoms with Crippen LogP contribution < -0.4 is 0 Å². The molecule has 0 saturated heterocycles. The van der Waals surface area contributed by atoms with Gasteiger partial charge in [-0.3, -0.25) is 9.59 Å². The molecule has 0 saturated carbocycles. The third kappa shape index (κ3) is 13.0. The van der Waals surface area contributed by atoms with Crippen molar-refractivity contribution in [2.75, 3.05) is 0 Å². The van der Waals surface area contributed by atoms with Crippen LogP contribution in [0.3, 0.4) is 0 Å². The van der Waals surface area contributed by atoms with E-state index in [1.54, 1.807) is 13.8 Å². The van der Waals surface area contributed by atoms with Gasteiger partial charge in [0.1, 0.15) is 0 Å². The maximum Gasteiger partial charge on any atom is 0.404 e. The molecule has 0 spiro atoms. The molecule has 0 bridgehead atoms. The van der Waals surface area contributed by atoms with Gasteiger partial charge in [-0.25, -0.2) is 9.59 Å². The average Bonchev–Trinajstić information content (AvgIpc) is 2.99. The lowest BCUT2D eigenvalue weighted by atomic mass is 9.71. The number of halogens is 2. The van der Waals surface area contributed by atoms with Crippen molar-refractivity contribution >= 4 is 45.6 Å². The van der Waals surface area contributed by atoms with E-state index in [-0.39, 0.29) is 22.4 Å². The monoisotopic (exact) mass is 720 g/mol. The molecule has 0 heterocycles. The Labute approximate surface area is 308 Å². The highest BCUT2D eigenvalue weighted by molar-refractivity contribution is 6.61. The fourth-order valence-electron chi connectivity index (χ4n) is 5.98. The lowest BCUT2D eigenvalue weighted by molar-refractivity contribution is -0.125. The second kappa shape index (κ2) is 18.8. The molecule has 0 aliphatic heterocycles. The summed E-state index contributed by atoms with van der Waals surface area (Å²) >= 11 is 10.7. The smallest absolute Gasteiger partial charge is 0.404 e. The number of ether oxygens (including phenoxy) is 2. The van der Waals surface area contributed by atoms with Crippen LogP contribution in [0.4, 0.5) is 9.59 Å². The van der Waals surface area contributed by atoms with Gasteiger partial charge in [-0.2, -0.15) is 0 Å². The van der Waals surface area contributed by atoms with Gasteiger partial charge in [0.05, 0.1) is 0 Å². The van der Waals surface area contributed by atoms with Crippen molar-refractivity contribution in [3.8, 4) is 0 Å². The van der Waals surface area contributed by atoms with E-state index < -0.39 is 23.1 Å². The molecule has 2 aliphatic carbocycles. The number of allylic oxidation sites excluding steroid dienone is 20. The van der Waals surface area contributed by atoms with Crippen molar-refractivity contribution in [2.45, 2.75) is 94.3 Å². The number of ketones is 2. The molecule has 0 aromatic heterocycles. The van der Waals surface area contributed by atoms with E-state index in [9.17, 15) is 19.2 Å². The van der Waals surface area contributed by atoms with Crippen LogP contribution in [0.1, 0.15) is 82.1 Å². The molecule has 0 aromatic rings. The lowest BCUT2D eigenvalue weighted by Crippen LogP contribution is -2.38. The van der Waals surface area contributed by atoms with Crippen LogP contribution >= 0.6 is 23.2 Å². The molecular formula is C42H50Cl2O6. The van der Waals surface area contributed by atoms with Crippen molar-refractivity contribution in [2.24, 2.45) is 10.8 Å². The highest BCUT2D eigenvalue weighted by atomic mass is 35.5. The normalized spacial score (nSPS) is 22.7. The third-order valence-corrected chi connectivity index (χ3v) is 8.92. The van der Waals surface area contributed by atoms with Gasteiger partial charge in [-0.05, 0) is 74.7 Å². The second-order valence-corrected chi connectivity index (χ2v) is 14.7. The van der Waals surface area contributed by atoms with Crippen molar-refractivity contribution in [1.29, 1.82) is 0 Å². The van der Waals surface area contributed by atoms with E-state index in [2.05, 4.69) is 0 Å². The number of carbonyl (C=O) groups excluding carboxylic acids is 4. The van der Waals surface area contributed by atoms with Crippen molar-refractivity contribution in [1.82, 2.24) is 0 Å². The largest absolute Gasteiger partial charge is 0.442 e. The maximum absolute atomic E-state index is 12.7. The summed E-state index contributed by atoms with van der Waals surface area (Å²) in [4.78, 5) is 47.8. The van der Waals surface area contributed by atoms with Gasteiger partial charge in [0, 0.05) is 36.0 Å². The molecule has 2 rings (SSSR count). The standard InChI is InChI=1S/C42H50Cl2O6/c1-27(17-13-19-29(3)21-23-33-31(5)37(45)35(49-39(43)47)25-41(33,7)8)15-11-12-16-28(2)18-14-20-30(4)22-24-34-32(6)38(46)36(50-40(44)48)26-42(34,9)10/h11-24,35-36H,25-26H2,1-10H3/b12-11+,17-13+,18-14+,23-21+,24-22+,27-15+,28-16+,29-19+,30-20+. The number of hydrogen-bond acceptors (Lipinski definition) is 6. The minimum atomic E-state index is -0.967. The molecule has 0 aromatic carbocycles. The minimum Gasteiger partial charge on any atom is -0.442 e. The SMILES string of the molecule is CC1=C(/C=C/C(C)=C/C=C/C(C)=C/C=C/C=C(C)/C=C/C=C(C)/C=C/C2=C(C)C(=O)C(OC(=O)Cl)CC2(C)C)C(C)(C)CC(OC(=O)Cl)C1=O. The first kappa shape index (κ1) is 42.2. The molecule has 0 radical (unpaired) electrons. The van der Waals surface area contributed by atoms with Gasteiger partial charge >= 0.3 is 10.9 Å². The van der Waals surface area contributed by atoms with E-state index in [0.29, 0.717) is 24.0 Å². The summed E-state index contributed by atoms with van der Waals surface area (Å²) in [5.41, 5.74) is 4.58. The summed E-state index contributed by atoms with van der Waals surface area (Å²) in [5, 5.41) is 0. The third-order valence-electron chi connectivity index (χ3n) is 8.74. The molecular weight excluding hydrogens is 671 g/mol. The van der Waals surface area contributed by atoms with Crippen molar-refractivity contribution in [3.05, 3.63) is 130 Å². The summed E-state index contributed by atoms with van der Waals surface area (Å²) in [5.74, 6) is -0.429. The topological polar surface area (TPSA) is 86.7 Å². The zero-order valence-corrected chi connectivity index (χ0v) is 32.4. The van der Waals surface area contributed by atoms with Gasteiger partial charge in [0.25, 0.3) is 0 Å². The van der Waals surface area contributed by atoms with Crippen LogP contribution in [-0.4, -0.2) is 34.6 Å². The molecule has 6 nitrogen and oxygen atoms in total. The predicted octanol–water partition coefficient (Wildman–Crippen LogP) is 11.7. The Bertz CT molecular complexity index is 1570. The predicted molar refractivity (Wildman–Crippen MR) is 205 cm³/mol. The molecule has 2 aliphatic rings. The summed E-state index contributed by atoms with van der Waals surface area (Å²) in [6, 6.07) is 0. The van der Waals surface area contributed by atoms with Crippen LogP contribution in [0.2, 0.25) is 0 Å². The molecule has 268 valence electrons. The van der Waals surface area contributed by atoms with Gasteiger partial charge in [0.15, 0.2) is 23.8 Å². The summed E-state index contributed by atoms with van der Waals surface area (Å²) in [7, 11) is 0. The summed E-state index contributed by atoms with van der Waals surface area (Å²) < 4.78 is 10.1. The number of rotatable bonds is 12. The highest BCUT2D eigenvalue weighted by Gasteiger charge is 2.40. The van der Waals surface area contributed by atoms with Gasteiger partial charge in [-0.15, -0.1) is 0 Å². The zero-order valence-electron chi connectivity index (χ0n) is 30.9. The van der Waals surface area contributed by atoms with Gasteiger partial charge in [0.2, 0.25) is 0 Å². The molecule has 2 atom stereocenters. The van der Waals surface area contributed by atoms with E-state index in [1.807, 2.05) is 140 Å². The van der Waals surface area contributed by atoms with E-state index >= 15 is 0 Å². The summed E-state index contributed by atoms with van der Waals surface area (Å²) in [6.45, 7) is 19.7. The first-order chi connectivity index (χ1) is 23.2. The van der Waals surface area contributed by atoms with Crippen molar-refractivity contribution < 1.29 is 28.7 Å². The highest BCUT2D eigenvalue weighted by Crippen LogP contribution is 2.42. The zero-order chi connectivity index (χ0) is 37.8. The molecule has 50 heavy (non-hydrogen) atoms. The molecule has 2 unspecified atom stereocenters. The first-order valence-corrected chi connectivity index (χ1v) is 17.3. The number of hydrogen-bond donors (Lipinski definition) is 0. The maximum atomic E-state index is 12.7. The minimum absolute atomic E-state index is 0.214. The Hall–Kier alpha value is -4.00. The lowest BCUT2D eigenvalue weighted by Gasteiger charge is -2.36. The van der Waals surface area contributed by atoms with E-state index in [4.69, 9.17) is 32.7 Å².